The fourth-order valence-corrected chi connectivity index (χ4v) is 2.53. The van der Waals surface area contributed by atoms with Gasteiger partial charge in [0.05, 0.1) is 0 Å². The maximum absolute atomic E-state index is 5.30. The molecule has 92 valence electrons. The molecule has 1 saturated carbocycles. The van der Waals surface area contributed by atoms with E-state index in [1.54, 1.807) is 0 Å². The van der Waals surface area contributed by atoms with Gasteiger partial charge in [0, 0.05) is 31.2 Å². The van der Waals surface area contributed by atoms with Gasteiger partial charge < -0.3 is 15.5 Å². The van der Waals surface area contributed by atoms with Crippen LogP contribution in [-0.2, 0) is 0 Å². The molecule has 0 aromatic rings. The Kier molecular flexibility index (Phi) is 4.03. The fraction of sp³-hybridized carbons (Fsp3) is 0.917. The molecule has 1 aliphatic heterocycles. The van der Waals surface area contributed by atoms with E-state index in [0.717, 1.165) is 5.11 Å². The molecule has 16 heavy (non-hydrogen) atoms. The minimum Gasteiger partial charge on any atom is -0.360 e. The zero-order chi connectivity index (χ0) is 11.5. The Hall–Kier alpha value is -0.350. The Morgan fingerprint density at radius 1 is 1.06 bits per heavy atom. The van der Waals surface area contributed by atoms with E-state index < -0.39 is 0 Å². The predicted molar refractivity (Wildman–Crippen MR) is 71.6 cm³/mol. The van der Waals surface area contributed by atoms with E-state index in [1.807, 2.05) is 0 Å². The van der Waals surface area contributed by atoms with Crippen LogP contribution in [0, 0.1) is 0 Å². The number of likely N-dealkylation sites (tertiary alicyclic amines) is 1. The highest BCUT2D eigenvalue weighted by Gasteiger charge is 2.24. The van der Waals surface area contributed by atoms with E-state index >= 15 is 0 Å². The van der Waals surface area contributed by atoms with Crippen LogP contribution in [-0.4, -0.2) is 41.2 Å². The molecule has 3 nitrogen and oxygen atoms in total. The normalized spacial score (nSPS) is 23.4. The third-order valence-electron chi connectivity index (χ3n) is 3.51. The Labute approximate surface area is 104 Å². The fourth-order valence-electron chi connectivity index (χ4n) is 2.20. The lowest BCUT2D eigenvalue weighted by Gasteiger charge is -2.35. The molecule has 2 aliphatic rings. The summed E-state index contributed by atoms with van der Waals surface area (Å²) in [4.78, 5) is 2.54. The van der Waals surface area contributed by atoms with Crippen LogP contribution in [0.3, 0.4) is 0 Å². The summed E-state index contributed by atoms with van der Waals surface area (Å²) in [6, 6.07) is 1.92. The largest absolute Gasteiger partial charge is 0.360 e. The van der Waals surface area contributed by atoms with Crippen molar-refractivity contribution in [1.29, 1.82) is 0 Å². The van der Waals surface area contributed by atoms with Crippen molar-refractivity contribution in [3.63, 3.8) is 0 Å². The first-order valence-corrected chi connectivity index (χ1v) is 6.87. The smallest absolute Gasteiger partial charge is 0.166 e. The molecule has 2 rings (SSSR count). The summed E-state index contributed by atoms with van der Waals surface area (Å²) >= 11 is 5.30. The number of nitrogens with zero attached hydrogens (tertiary/aromatic N) is 1. The molecule has 4 heteroatoms. The number of hydrogen-bond donors (Lipinski definition) is 2. The van der Waals surface area contributed by atoms with Gasteiger partial charge in [-0.1, -0.05) is 0 Å². The Balaban J connectivity index is 1.66. The first kappa shape index (κ1) is 12.1. The molecule has 0 aromatic heterocycles. The maximum atomic E-state index is 5.30. The first-order chi connectivity index (χ1) is 7.65. The zero-order valence-electron chi connectivity index (χ0n) is 10.3. The molecule has 0 aromatic carbocycles. The molecule has 0 unspecified atom stereocenters. The van der Waals surface area contributed by atoms with Gasteiger partial charge in [0.2, 0.25) is 0 Å². The summed E-state index contributed by atoms with van der Waals surface area (Å²) in [5, 5.41) is 7.65. The highest BCUT2D eigenvalue weighted by Crippen LogP contribution is 2.18. The van der Waals surface area contributed by atoms with Crippen molar-refractivity contribution in [1.82, 2.24) is 15.5 Å². The molecule has 0 amide bonds. The standard InChI is InChI=1S/C12H23N3S/c1-9(2)15-7-5-11(6-8-15)14-12(16)13-10-3-4-10/h9-11H,3-8H2,1-2H3,(H2,13,14,16). The van der Waals surface area contributed by atoms with Gasteiger partial charge >= 0.3 is 0 Å². The molecular formula is C12H23N3S. The van der Waals surface area contributed by atoms with Crippen LogP contribution in [0.5, 0.6) is 0 Å². The summed E-state index contributed by atoms with van der Waals surface area (Å²) in [6.07, 6.45) is 5.00. The van der Waals surface area contributed by atoms with Gasteiger partial charge in [0.1, 0.15) is 0 Å². The molecule has 2 fully saturated rings. The van der Waals surface area contributed by atoms with Crippen LogP contribution in [0.15, 0.2) is 0 Å². The van der Waals surface area contributed by atoms with Gasteiger partial charge in [-0.2, -0.15) is 0 Å². The maximum Gasteiger partial charge on any atom is 0.166 e. The number of hydrogen-bond acceptors (Lipinski definition) is 2. The summed E-state index contributed by atoms with van der Waals surface area (Å²) in [5.74, 6) is 0. The minimum absolute atomic E-state index is 0.578. The second-order valence-corrected chi connectivity index (χ2v) is 5.70. The van der Waals surface area contributed by atoms with E-state index in [2.05, 4.69) is 29.4 Å². The monoisotopic (exact) mass is 241 g/mol. The van der Waals surface area contributed by atoms with Crippen molar-refractivity contribution < 1.29 is 0 Å². The summed E-state index contributed by atoms with van der Waals surface area (Å²) in [5.41, 5.74) is 0. The second kappa shape index (κ2) is 5.32. The van der Waals surface area contributed by atoms with Crippen molar-refractivity contribution in [3.05, 3.63) is 0 Å². The predicted octanol–water partition coefficient (Wildman–Crippen LogP) is 1.49. The average Bonchev–Trinajstić information content (AvgIpc) is 3.02. The summed E-state index contributed by atoms with van der Waals surface area (Å²) in [7, 11) is 0. The van der Waals surface area contributed by atoms with Crippen LogP contribution in [0.4, 0.5) is 0 Å². The van der Waals surface area contributed by atoms with Gasteiger partial charge in [-0.3, -0.25) is 0 Å². The minimum atomic E-state index is 0.578. The summed E-state index contributed by atoms with van der Waals surface area (Å²) < 4.78 is 0. The van der Waals surface area contributed by atoms with Gasteiger partial charge in [-0.25, -0.2) is 0 Å². The van der Waals surface area contributed by atoms with Crippen molar-refractivity contribution >= 4 is 17.3 Å². The molecule has 1 aliphatic carbocycles. The van der Waals surface area contributed by atoms with Crippen molar-refractivity contribution in [2.24, 2.45) is 0 Å². The molecule has 0 bridgehead atoms. The zero-order valence-corrected chi connectivity index (χ0v) is 11.1. The van der Waals surface area contributed by atoms with Crippen molar-refractivity contribution in [2.75, 3.05) is 13.1 Å². The third kappa shape index (κ3) is 3.59. The highest BCUT2D eigenvalue weighted by molar-refractivity contribution is 7.80. The van der Waals surface area contributed by atoms with E-state index in [-0.39, 0.29) is 0 Å². The average molecular weight is 241 g/mol. The van der Waals surface area contributed by atoms with Crippen LogP contribution in [0.25, 0.3) is 0 Å². The second-order valence-electron chi connectivity index (χ2n) is 5.30. The van der Waals surface area contributed by atoms with Crippen LogP contribution in [0.1, 0.15) is 39.5 Å². The van der Waals surface area contributed by atoms with E-state index in [1.165, 1.54) is 38.8 Å². The van der Waals surface area contributed by atoms with Gasteiger partial charge in [0.25, 0.3) is 0 Å². The first-order valence-electron chi connectivity index (χ1n) is 6.46. The van der Waals surface area contributed by atoms with Gasteiger partial charge in [0.15, 0.2) is 5.11 Å². The number of piperidine rings is 1. The lowest BCUT2D eigenvalue weighted by atomic mass is 10.0. The van der Waals surface area contributed by atoms with Gasteiger partial charge in [-0.15, -0.1) is 0 Å². The molecule has 1 heterocycles. The topological polar surface area (TPSA) is 27.3 Å². The van der Waals surface area contributed by atoms with Gasteiger partial charge in [-0.05, 0) is 51.7 Å². The highest BCUT2D eigenvalue weighted by atomic mass is 32.1. The van der Waals surface area contributed by atoms with E-state index in [9.17, 15) is 0 Å². The van der Waals surface area contributed by atoms with Crippen LogP contribution < -0.4 is 10.6 Å². The van der Waals surface area contributed by atoms with E-state index in [4.69, 9.17) is 12.2 Å². The lowest BCUT2D eigenvalue weighted by molar-refractivity contribution is 0.167. The molecular weight excluding hydrogens is 218 g/mol. The number of thiocarbonyl (C=S) groups is 1. The molecule has 1 saturated heterocycles. The van der Waals surface area contributed by atoms with Crippen molar-refractivity contribution in [3.8, 4) is 0 Å². The third-order valence-corrected chi connectivity index (χ3v) is 3.74. The Morgan fingerprint density at radius 3 is 2.00 bits per heavy atom. The van der Waals surface area contributed by atoms with Crippen molar-refractivity contribution in [2.45, 2.75) is 57.7 Å². The Bertz CT molecular complexity index is 243. The number of rotatable bonds is 3. The SMILES string of the molecule is CC(C)N1CCC(NC(=S)NC2CC2)CC1. The van der Waals surface area contributed by atoms with E-state index in [0.29, 0.717) is 18.1 Å². The molecule has 0 radical (unpaired) electrons. The van der Waals surface area contributed by atoms with Crippen LogP contribution in [0.2, 0.25) is 0 Å². The Morgan fingerprint density at radius 2 is 1.56 bits per heavy atom. The molecule has 0 spiro atoms. The molecule has 2 N–H and O–H groups in total. The van der Waals surface area contributed by atoms with Crippen LogP contribution >= 0.6 is 12.2 Å². The lowest BCUT2D eigenvalue weighted by Crippen LogP contribution is -2.49. The quantitative estimate of drug-likeness (QED) is 0.732. The summed E-state index contributed by atoms with van der Waals surface area (Å²) in [6.45, 7) is 6.93. The molecule has 0 atom stereocenters. The number of nitrogens with one attached hydrogen (secondary N) is 2.